The van der Waals surface area contributed by atoms with Crippen LogP contribution in [0.4, 0.5) is 26.3 Å². The van der Waals surface area contributed by atoms with Gasteiger partial charge in [0.15, 0.2) is 0 Å². The molecule has 2 aromatic heterocycles. The number of carbonyl (C=O) groups excluding carboxylic acids is 1. The van der Waals surface area contributed by atoms with Gasteiger partial charge in [-0.05, 0) is 30.4 Å². The number of fused-ring (bicyclic) bond motifs is 1. The van der Waals surface area contributed by atoms with Crippen LogP contribution in [0.1, 0.15) is 25.3 Å². The van der Waals surface area contributed by atoms with Gasteiger partial charge in [-0.15, -0.1) is 0 Å². The lowest BCUT2D eigenvalue weighted by molar-refractivity contribution is -0.193. The Morgan fingerprint density at radius 2 is 1.67 bits per heavy atom. The van der Waals surface area contributed by atoms with Crippen molar-refractivity contribution in [2.45, 2.75) is 57.3 Å². The summed E-state index contributed by atoms with van der Waals surface area (Å²) in [6, 6.07) is 4.69. The summed E-state index contributed by atoms with van der Waals surface area (Å²) >= 11 is 0. The summed E-state index contributed by atoms with van der Waals surface area (Å²) in [7, 11) is 0. The van der Waals surface area contributed by atoms with Crippen LogP contribution in [0.15, 0.2) is 37.2 Å². The molecule has 2 aliphatic rings. The summed E-state index contributed by atoms with van der Waals surface area (Å²) in [6.07, 6.45) is -1.06. The number of hydrogen-bond donors (Lipinski definition) is 2. The number of carbonyl (C=O) groups is 3. The third-order valence-corrected chi connectivity index (χ3v) is 5.95. The molecule has 0 unspecified atom stereocenters. The molecule has 3 atom stereocenters. The third kappa shape index (κ3) is 9.81. The number of carboxylic acids is 2. The fourth-order valence-corrected chi connectivity index (χ4v) is 4.52. The van der Waals surface area contributed by atoms with Crippen LogP contribution in [0.5, 0.6) is 0 Å². The lowest BCUT2D eigenvalue weighted by atomic mass is 9.92. The maximum Gasteiger partial charge on any atom is 0.490 e. The highest BCUT2D eigenvalue weighted by Crippen LogP contribution is 2.36. The zero-order chi connectivity index (χ0) is 29.4. The van der Waals surface area contributed by atoms with Crippen LogP contribution < -0.4 is 0 Å². The van der Waals surface area contributed by atoms with Crippen LogP contribution in [0, 0.1) is 5.92 Å². The smallest absolute Gasteiger partial charge is 0.475 e. The fourth-order valence-electron chi connectivity index (χ4n) is 4.52. The summed E-state index contributed by atoms with van der Waals surface area (Å²) < 4.78 is 65.3. The van der Waals surface area contributed by atoms with Crippen molar-refractivity contribution in [1.82, 2.24) is 29.5 Å². The van der Waals surface area contributed by atoms with E-state index in [2.05, 4.69) is 30.9 Å². The molecule has 11 nitrogen and oxygen atoms in total. The van der Waals surface area contributed by atoms with E-state index in [1.165, 1.54) is 5.56 Å². The monoisotopic (exact) mass is 568 g/mol. The van der Waals surface area contributed by atoms with Crippen molar-refractivity contribution < 1.29 is 50.9 Å². The summed E-state index contributed by atoms with van der Waals surface area (Å²) in [5.41, 5.74) is 1.25. The number of rotatable bonds is 4. The Balaban J connectivity index is 0.000000317. The van der Waals surface area contributed by atoms with Gasteiger partial charge in [-0.2, -0.15) is 31.4 Å². The van der Waals surface area contributed by atoms with E-state index in [0.29, 0.717) is 12.0 Å². The molecule has 39 heavy (non-hydrogen) atoms. The van der Waals surface area contributed by atoms with Gasteiger partial charge in [0.25, 0.3) is 0 Å². The van der Waals surface area contributed by atoms with Crippen molar-refractivity contribution in [3.63, 3.8) is 0 Å². The first-order chi connectivity index (χ1) is 18.1. The first-order valence-electron chi connectivity index (χ1n) is 11.4. The van der Waals surface area contributed by atoms with Gasteiger partial charge < -0.3 is 15.1 Å². The lowest BCUT2D eigenvalue weighted by Crippen LogP contribution is -2.48. The molecule has 2 saturated heterocycles. The van der Waals surface area contributed by atoms with Crippen LogP contribution >= 0.6 is 0 Å². The number of aromatic nitrogens is 4. The van der Waals surface area contributed by atoms with Gasteiger partial charge >= 0.3 is 24.3 Å². The van der Waals surface area contributed by atoms with E-state index < -0.39 is 24.3 Å². The average Bonchev–Trinajstić information content (AvgIpc) is 3.46. The topological polar surface area (TPSA) is 142 Å². The van der Waals surface area contributed by atoms with E-state index in [9.17, 15) is 31.1 Å². The van der Waals surface area contributed by atoms with Gasteiger partial charge in [-0.3, -0.25) is 19.4 Å². The Morgan fingerprint density at radius 3 is 2.13 bits per heavy atom. The van der Waals surface area contributed by atoms with Crippen molar-refractivity contribution in [1.29, 1.82) is 0 Å². The van der Waals surface area contributed by atoms with Crippen LogP contribution in [0.2, 0.25) is 0 Å². The average molecular weight is 568 g/mol. The Kier molecular flexibility index (Phi) is 10.8. The van der Waals surface area contributed by atoms with Gasteiger partial charge in [-0.1, -0.05) is 6.07 Å². The Morgan fingerprint density at radius 1 is 1.05 bits per heavy atom. The summed E-state index contributed by atoms with van der Waals surface area (Å²) in [6.45, 7) is 5.42. The first kappa shape index (κ1) is 31.5. The predicted molar refractivity (Wildman–Crippen MR) is 120 cm³/mol. The standard InChI is InChI=1S/C18H24N6O.2C2HF3O2/c1-14(25)24-17(11-23-13-20-12-21-23)7-16-10-22(6-4-18(16)24)9-15-3-2-5-19-8-15;2*3-2(4,5)1(6)7/h2-3,5,8,12-13,16-18H,4,6-7,9-11H2,1H3;2*(H,6,7)/t16-,17+,18+;;/m1../s1. The van der Waals surface area contributed by atoms with Crippen LogP contribution in [-0.4, -0.2) is 95.1 Å². The second-order valence-electron chi connectivity index (χ2n) is 8.75. The zero-order valence-corrected chi connectivity index (χ0v) is 20.5. The van der Waals surface area contributed by atoms with Gasteiger partial charge in [-0.25, -0.2) is 14.6 Å². The molecule has 0 bridgehead atoms. The Hall–Kier alpha value is -3.76. The highest BCUT2D eigenvalue weighted by atomic mass is 19.4. The number of aliphatic carboxylic acids is 2. The second kappa shape index (κ2) is 13.3. The number of likely N-dealkylation sites (tertiary alicyclic amines) is 2. The zero-order valence-electron chi connectivity index (χ0n) is 20.5. The van der Waals surface area contributed by atoms with Gasteiger partial charge in [0.1, 0.15) is 12.7 Å². The largest absolute Gasteiger partial charge is 0.490 e. The van der Waals surface area contributed by atoms with Crippen molar-refractivity contribution in [3.05, 3.63) is 42.7 Å². The Bertz CT molecular complexity index is 1060. The molecule has 0 saturated carbocycles. The third-order valence-electron chi connectivity index (χ3n) is 5.95. The maximum absolute atomic E-state index is 12.3. The SMILES string of the molecule is CC(=O)N1[C@H](Cn2cncn2)C[C@@H]2CN(Cc3cccnc3)CC[C@@H]21.O=C(O)C(F)(F)F.O=C(O)C(F)(F)F. The predicted octanol–water partition coefficient (Wildman–Crippen LogP) is 2.45. The van der Waals surface area contributed by atoms with Crippen LogP contribution in [0.3, 0.4) is 0 Å². The summed E-state index contributed by atoms with van der Waals surface area (Å²) in [5, 5.41) is 18.5. The lowest BCUT2D eigenvalue weighted by Gasteiger charge is -2.38. The minimum Gasteiger partial charge on any atom is -0.475 e. The molecule has 2 fully saturated rings. The summed E-state index contributed by atoms with van der Waals surface area (Å²) in [5.74, 6) is -4.80. The van der Waals surface area contributed by atoms with Crippen molar-refractivity contribution in [2.24, 2.45) is 5.92 Å². The highest BCUT2D eigenvalue weighted by molar-refractivity contribution is 5.74. The quantitative estimate of drug-likeness (QED) is 0.532. The van der Waals surface area contributed by atoms with Gasteiger partial charge in [0.2, 0.25) is 5.91 Å². The molecular weight excluding hydrogens is 542 g/mol. The van der Waals surface area contributed by atoms with Gasteiger partial charge in [0.05, 0.1) is 12.6 Å². The second-order valence-corrected chi connectivity index (χ2v) is 8.75. The molecule has 4 rings (SSSR count). The molecule has 17 heteroatoms. The van der Waals surface area contributed by atoms with E-state index >= 15 is 0 Å². The number of halogens is 6. The molecule has 0 radical (unpaired) electrons. The molecule has 2 aliphatic heterocycles. The van der Waals surface area contributed by atoms with Gasteiger partial charge in [0, 0.05) is 45.0 Å². The highest BCUT2D eigenvalue weighted by Gasteiger charge is 2.45. The van der Waals surface area contributed by atoms with E-state index in [1.807, 2.05) is 23.1 Å². The molecule has 216 valence electrons. The number of piperidine rings is 1. The fraction of sp³-hybridized carbons (Fsp3) is 0.545. The molecule has 2 N–H and O–H groups in total. The van der Waals surface area contributed by atoms with Crippen LogP contribution in [-0.2, 0) is 27.5 Å². The summed E-state index contributed by atoms with van der Waals surface area (Å²) in [4.78, 5) is 42.9. The molecule has 0 spiro atoms. The molecule has 1 amide bonds. The normalized spacial score (nSPS) is 21.1. The first-order valence-corrected chi connectivity index (χ1v) is 11.4. The number of pyridine rings is 1. The number of nitrogens with zero attached hydrogens (tertiary/aromatic N) is 6. The minimum absolute atomic E-state index is 0.179. The van der Waals surface area contributed by atoms with Crippen molar-refractivity contribution >= 4 is 17.8 Å². The molecule has 0 aromatic carbocycles. The van der Waals surface area contributed by atoms with Crippen LogP contribution in [0.25, 0.3) is 0 Å². The number of hydrogen-bond acceptors (Lipinski definition) is 7. The number of amides is 1. The minimum atomic E-state index is -5.08. The maximum atomic E-state index is 12.3. The Labute approximate surface area is 218 Å². The van der Waals surface area contributed by atoms with E-state index in [4.69, 9.17) is 19.8 Å². The van der Waals surface area contributed by atoms with E-state index in [1.54, 1.807) is 19.6 Å². The molecular formula is C22H26F6N6O5. The molecule has 0 aliphatic carbocycles. The van der Waals surface area contributed by atoms with E-state index in [-0.39, 0.29) is 11.9 Å². The molecule has 4 heterocycles. The van der Waals surface area contributed by atoms with Crippen molar-refractivity contribution in [2.75, 3.05) is 13.1 Å². The number of alkyl halides is 6. The number of carboxylic acid groups (broad SMARTS) is 2. The van der Waals surface area contributed by atoms with E-state index in [0.717, 1.165) is 39.0 Å². The molecule has 2 aromatic rings. The van der Waals surface area contributed by atoms with Crippen molar-refractivity contribution in [3.8, 4) is 0 Å².